The Bertz CT molecular complexity index is 442. The highest BCUT2D eigenvalue weighted by molar-refractivity contribution is 5.70. The molecule has 1 aliphatic carbocycles. The van der Waals surface area contributed by atoms with Crippen molar-refractivity contribution in [3.63, 3.8) is 0 Å². The van der Waals surface area contributed by atoms with Crippen molar-refractivity contribution in [3.05, 3.63) is 0 Å². The van der Waals surface area contributed by atoms with Gasteiger partial charge in [0.05, 0.1) is 19.3 Å². The van der Waals surface area contributed by atoms with Crippen molar-refractivity contribution in [2.75, 3.05) is 20.3 Å². The second-order valence-corrected chi connectivity index (χ2v) is 7.59. The number of nitrogens with zero attached hydrogens (tertiary/aromatic N) is 1. The lowest BCUT2D eigenvalue weighted by atomic mass is 10.1. The Labute approximate surface area is 132 Å². The molecule has 0 aromatic heterocycles. The van der Waals surface area contributed by atoms with E-state index >= 15 is 0 Å². The number of ether oxygens (including phenoxy) is 3. The molecular weight excluding hydrogens is 286 g/mol. The highest BCUT2D eigenvalue weighted by Gasteiger charge is 2.61. The van der Waals surface area contributed by atoms with Crippen LogP contribution in [-0.2, 0) is 19.0 Å². The Balaban J connectivity index is 2.17. The number of carbonyl (C=O) groups is 2. The predicted molar refractivity (Wildman–Crippen MR) is 80.3 cm³/mol. The molecule has 126 valence electrons. The molecule has 1 saturated carbocycles. The first-order valence-electron chi connectivity index (χ1n) is 7.73. The van der Waals surface area contributed by atoms with E-state index in [-0.39, 0.29) is 23.8 Å². The minimum atomic E-state index is -0.735. The van der Waals surface area contributed by atoms with Gasteiger partial charge < -0.3 is 19.0 Å². The van der Waals surface area contributed by atoms with Crippen molar-refractivity contribution in [1.82, 2.24) is 4.90 Å². The molecule has 0 radical (unpaired) electrons. The highest BCUT2D eigenvalue weighted by atomic mass is 16.6. The molecule has 2 fully saturated rings. The largest absolute Gasteiger partial charge is 0.444 e. The molecule has 4 unspecified atom stereocenters. The number of hydrogen-bond donors (Lipinski definition) is 0. The van der Waals surface area contributed by atoms with Crippen LogP contribution >= 0.6 is 0 Å². The summed E-state index contributed by atoms with van der Waals surface area (Å²) in [5, 5.41) is 0. The lowest BCUT2D eigenvalue weighted by Gasteiger charge is -2.35. The van der Waals surface area contributed by atoms with E-state index < -0.39 is 17.4 Å². The lowest BCUT2D eigenvalue weighted by molar-refractivity contribution is -0.109. The van der Waals surface area contributed by atoms with Gasteiger partial charge in [0.25, 0.3) is 0 Å². The van der Waals surface area contributed by atoms with E-state index in [0.717, 1.165) is 6.29 Å². The first kappa shape index (κ1) is 17.2. The molecule has 2 rings (SSSR count). The van der Waals surface area contributed by atoms with Gasteiger partial charge in [-0.2, -0.15) is 0 Å². The monoisotopic (exact) mass is 313 g/mol. The normalized spacial score (nSPS) is 33.6. The van der Waals surface area contributed by atoms with E-state index in [4.69, 9.17) is 14.2 Å². The number of hydrogen-bond acceptors (Lipinski definition) is 5. The van der Waals surface area contributed by atoms with Gasteiger partial charge in [-0.05, 0) is 46.5 Å². The summed E-state index contributed by atoms with van der Waals surface area (Å²) in [6.07, 6.45) is 0.570. The summed E-state index contributed by atoms with van der Waals surface area (Å²) in [6, 6.07) is -0.153. The second-order valence-electron chi connectivity index (χ2n) is 7.59. The molecule has 6 heteroatoms. The maximum absolute atomic E-state index is 12.6. The summed E-state index contributed by atoms with van der Waals surface area (Å²) in [4.78, 5) is 25.5. The minimum Gasteiger partial charge on any atom is -0.444 e. The third-order valence-corrected chi connectivity index (χ3v) is 4.36. The minimum absolute atomic E-state index is 0.0757. The van der Waals surface area contributed by atoms with E-state index in [0.29, 0.717) is 13.2 Å². The van der Waals surface area contributed by atoms with Gasteiger partial charge in [-0.1, -0.05) is 0 Å². The van der Waals surface area contributed by atoms with Gasteiger partial charge in [0.1, 0.15) is 17.6 Å². The molecule has 0 aromatic rings. The Morgan fingerprint density at radius 1 is 1.41 bits per heavy atom. The van der Waals surface area contributed by atoms with Crippen molar-refractivity contribution < 1.29 is 23.8 Å². The first-order valence-corrected chi connectivity index (χ1v) is 7.73. The quantitative estimate of drug-likeness (QED) is 0.743. The molecule has 0 aromatic carbocycles. The molecule has 1 aliphatic heterocycles. The first-order chi connectivity index (χ1) is 10.1. The van der Waals surface area contributed by atoms with Gasteiger partial charge in [0.2, 0.25) is 0 Å². The van der Waals surface area contributed by atoms with Crippen LogP contribution in [0.25, 0.3) is 0 Å². The Morgan fingerprint density at radius 3 is 2.55 bits per heavy atom. The summed E-state index contributed by atoms with van der Waals surface area (Å²) in [5.41, 5.74) is -1.31. The fraction of sp³-hybridized carbons (Fsp3) is 0.875. The van der Waals surface area contributed by atoms with Crippen molar-refractivity contribution >= 4 is 12.4 Å². The summed E-state index contributed by atoms with van der Waals surface area (Å²) < 4.78 is 16.5. The smallest absolute Gasteiger partial charge is 0.412 e. The predicted octanol–water partition coefficient (Wildman–Crippen LogP) is 2.07. The van der Waals surface area contributed by atoms with Gasteiger partial charge in [0, 0.05) is 13.0 Å². The molecule has 0 bridgehead atoms. The molecule has 22 heavy (non-hydrogen) atoms. The number of carbonyl (C=O) groups excluding carboxylic acids is 2. The van der Waals surface area contributed by atoms with Gasteiger partial charge in [-0.25, -0.2) is 4.79 Å². The molecule has 1 amide bonds. The Morgan fingerprint density at radius 2 is 2.05 bits per heavy atom. The Kier molecular flexibility index (Phi) is 4.55. The summed E-state index contributed by atoms with van der Waals surface area (Å²) in [6.45, 7) is 10.1. The molecular formula is C16H27NO5. The van der Waals surface area contributed by atoms with Crippen LogP contribution in [0, 0.1) is 17.8 Å². The number of rotatable bonds is 4. The molecule has 1 heterocycles. The van der Waals surface area contributed by atoms with Crippen LogP contribution in [0.5, 0.6) is 0 Å². The van der Waals surface area contributed by atoms with E-state index in [1.807, 2.05) is 34.6 Å². The van der Waals surface area contributed by atoms with E-state index in [2.05, 4.69) is 0 Å². The average Bonchev–Trinajstić information content (AvgIpc) is 2.95. The fourth-order valence-corrected chi connectivity index (χ4v) is 3.36. The van der Waals surface area contributed by atoms with Crippen molar-refractivity contribution in [3.8, 4) is 0 Å². The number of aldehydes is 1. The third-order valence-electron chi connectivity index (χ3n) is 4.36. The van der Waals surface area contributed by atoms with Crippen LogP contribution < -0.4 is 0 Å². The Hall–Kier alpha value is -1.14. The SMILES string of the molecule is COCC1C(C=O)C1C1COC(C)(C)N1C(=O)OC(C)(C)C. The van der Waals surface area contributed by atoms with Gasteiger partial charge in [-0.15, -0.1) is 0 Å². The average molecular weight is 313 g/mol. The zero-order valence-corrected chi connectivity index (χ0v) is 14.3. The highest BCUT2D eigenvalue weighted by Crippen LogP contribution is 2.51. The second kappa shape index (κ2) is 5.81. The molecule has 0 spiro atoms. The van der Waals surface area contributed by atoms with Gasteiger partial charge in [0.15, 0.2) is 0 Å². The van der Waals surface area contributed by atoms with Crippen LogP contribution in [0.2, 0.25) is 0 Å². The van der Waals surface area contributed by atoms with Crippen molar-refractivity contribution in [1.29, 1.82) is 0 Å². The summed E-state index contributed by atoms with van der Waals surface area (Å²) in [7, 11) is 1.62. The summed E-state index contributed by atoms with van der Waals surface area (Å²) in [5.74, 6) is 0.147. The standard InChI is InChI=1S/C16H27NO5/c1-15(2,3)22-14(19)17-12(9-21-16(17,4)5)13-10(7-18)11(13)8-20-6/h7,10-13H,8-9H2,1-6H3. The number of methoxy groups -OCH3 is 1. The van der Waals surface area contributed by atoms with Crippen LogP contribution in [0.4, 0.5) is 4.79 Å². The van der Waals surface area contributed by atoms with Crippen LogP contribution in [-0.4, -0.2) is 55.0 Å². The fourth-order valence-electron chi connectivity index (χ4n) is 3.36. The van der Waals surface area contributed by atoms with Crippen molar-refractivity contribution in [2.24, 2.45) is 17.8 Å². The molecule has 6 nitrogen and oxygen atoms in total. The zero-order chi connectivity index (χ0) is 16.7. The molecule has 0 N–H and O–H groups in total. The van der Waals surface area contributed by atoms with Crippen LogP contribution in [0.3, 0.4) is 0 Å². The zero-order valence-electron chi connectivity index (χ0n) is 14.3. The topological polar surface area (TPSA) is 65.1 Å². The molecule has 4 atom stereocenters. The maximum atomic E-state index is 12.6. The van der Waals surface area contributed by atoms with Crippen molar-refractivity contribution in [2.45, 2.75) is 52.0 Å². The van der Waals surface area contributed by atoms with E-state index in [1.165, 1.54) is 0 Å². The van der Waals surface area contributed by atoms with Crippen LogP contribution in [0.1, 0.15) is 34.6 Å². The molecule has 2 aliphatic rings. The maximum Gasteiger partial charge on any atom is 0.412 e. The van der Waals surface area contributed by atoms with E-state index in [1.54, 1.807) is 12.0 Å². The van der Waals surface area contributed by atoms with Crippen LogP contribution in [0.15, 0.2) is 0 Å². The van der Waals surface area contributed by atoms with Gasteiger partial charge >= 0.3 is 6.09 Å². The van der Waals surface area contributed by atoms with E-state index in [9.17, 15) is 9.59 Å². The lowest BCUT2D eigenvalue weighted by Crippen LogP contribution is -2.50. The number of amides is 1. The summed E-state index contributed by atoms with van der Waals surface area (Å²) >= 11 is 0. The third kappa shape index (κ3) is 3.27. The van der Waals surface area contributed by atoms with Gasteiger partial charge in [-0.3, -0.25) is 4.90 Å². The molecule has 1 saturated heterocycles.